The number of hydrogen-bond donors (Lipinski definition) is 2. The average Bonchev–Trinajstić information content (AvgIpc) is 3.10. The number of nitrogens with one attached hydrogen (secondary N) is 1. The summed E-state index contributed by atoms with van der Waals surface area (Å²) in [6.45, 7) is 0.969. The van der Waals surface area contributed by atoms with Crippen LogP contribution in [0.2, 0.25) is 0 Å². The number of phenolic OH excluding ortho intramolecular Hbond substituents is 1. The normalized spacial score (nSPS) is 25.2. The summed E-state index contributed by atoms with van der Waals surface area (Å²) in [5.74, 6) is 1.96. The standard InChI is InChI=1S/C20H21NO6/c1-23-15-7-10-5-6-21-17-11-3-4-14-19(26-9-25-14)16(11)20(24-2)27-18(17)12(10)8-13(15)22/h3-4,7-8,17-18,20-22H,5-6,9H2,1-2H3/t17-,18?,20+/m1/s1. The monoisotopic (exact) mass is 371 g/mol. The van der Waals surface area contributed by atoms with Crippen LogP contribution in [0.3, 0.4) is 0 Å². The molecule has 0 spiro atoms. The summed E-state index contributed by atoms with van der Waals surface area (Å²) in [6, 6.07) is 7.50. The van der Waals surface area contributed by atoms with Crippen LogP contribution >= 0.6 is 0 Å². The van der Waals surface area contributed by atoms with Crippen molar-refractivity contribution < 1.29 is 28.8 Å². The zero-order valence-electron chi connectivity index (χ0n) is 15.2. The van der Waals surface area contributed by atoms with Gasteiger partial charge in [-0.2, -0.15) is 0 Å². The molecule has 2 aromatic rings. The lowest BCUT2D eigenvalue weighted by Gasteiger charge is -2.38. The summed E-state index contributed by atoms with van der Waals surface area (Å²) < 4.78 is 28.5. The minimum Gasteiger partial charge on any atom is -0.504 e. The van der Waals surface area contributed by atoms with Crippen molar-refractivity contribution in [3.63, 3.8) is 0 Å². The predicted octanol–water partition coefficient (Wildman–Crippen LogP) is 2.73. The Bertz CT molecular complexity index is 899. The molecule has 5 rings (SSSR count). The Morgan fingerprint density at radius 1 is 1.15 bits per heavy atom. The Morgan fingerprint density at radius 2 is 2.04 bits per heavy atom. The molecule has 3 heterocycles. The number of phenols is 1. The van der Waals surface area contributed by atoms with E-state index in [0.29, 0.717) is 17.2 Å². The Hall–Kier alpha value is -2.48. The van der Waals surface area contributed by atoms with Gasteiger partial charge in [-0.1, -0.05) is 6.07 Å². The van der Waals surface area contributed by atoms with E-state index in [1.165, 1.54) is 0 Å². The molecule has 27 heavy (non-hydrogen) atoms. The summed E-state index contributed by atoms with van der Waals surface area (Å²) in [5, 5.41) is 13.9. The zero-order valence-corrected chi connectivity index (χ0v) is 15.2. The van der Waals surface area contributed by atoms with Gasteiger partial charge < -0.3 is 34.1 Å². The molecule has 0 aliphatic carbocycles. The molecule has 0 saturated heterocycles. The fraction of sp³-hybridized carbons (Fsp3) is 0.400. The third-order valence-corrected chi connectivity index (χ3v) is 5.47. The number of benzene rings is 2. The number of aromatic hydroxyl groups is 1. The number of fused-ring (bicyclic) bond motifs is 7. The van der Waals surface area contributed by atoms with Crippen molar-refractivity contribution in [1.82, 2.24) is 5.32 Å². The highest BCUT2D eigenvalue weighted by Crippen LogP contribution is 2.53. The van der Waals surface area contributed by atoms with Crippen LogP contribution in [0.1, 0.15) is 40.7 Å². The zero-order chi connectivity index (χ0) is 18.5. The van der Waals surface area contributed by atoms with E-state index >= 15 is 0 Å². The molecule has 0 radical (unpaired) electrons. The van der Waals surface area contributed by atoms with E-state index in [-0.39, 0.29) is 24.7 Å². The second kappa shape index (κ2) is 6.30. The van der Waals surface area contributed by atoms with Crippen LogP contribution in [0, 0.1) is 0 Å². The Labute approximate surface area is 156 Å². The molecule has 0 amide bonds. The molecule has 0 saturated carbocycles. The van der Waals surface area contributed by atoms with Crippen LogP contribution < -0.4 is 19.5 Å². The molecule has 7 nitrogen and oxygen atoms in total. The fourth-order valence-corrected chi connectivity index (χ4v) is 4.24. The third-order valence-electron chi connectivity index (χ3n) is 5.47. The molecular weight excluding hydrogens is 350 g/mol. The van der Waals surface area contributed by atoms with E-state index < -0.39 is 6.29 Å². The first-order valence-electron chi connectivity index (χ1n) is 8.95. The van der Waals surface area contributed by atoms with Gasteiger partial charge in [-0.05, 0) is 47.9 Å². The van der Waals surface area contributed by atoms with E-state index in [2.05, 4.69) is 5.32 Å². The van der Waals surface area contributed by atoms with Crippen molar-refractivity contribution >= 4 is 0 Å². The molecule has 3 aliphatic heterocycles. The lowest BCUT2D eigenvalue weighted by molar-refractivity contribution is -0.181. The van der Waals surface area contributed by atoms with E-state index in [4.69, 9.17) is 23.7 Å². The second-order valence-corrected chi connectivity index (χ2v) is 6.83. The van der Waals surface area contributed by atoms with Gasteiger partial charge in [-0.15, -0.1) is 0 Å². The topological polar surface area (TPSA) is 78.4 Å². The smallest absolute Gasteiger partial charge is 0.231 e. The van der Waals surface area contributed by atoms with Crippen LogP contribution in [0.5, 0.6) is 23.0 Å². The van der Waals surface area contributed by atoms with Gasteiger partial charge in [0.05, 0.1) is 18.7 Å². The number of ether oxygens (including phenoxy) is 5. The fourth-order valence-electron chi connectivity index (χ4n) is 4.24. The van der Waals surface area contributed by atoms with E-state index in [1.54, 1.807) is 20.3 Å². The third kappa shape index (κ3) is 2.46. The summed E-state index contributed by atoms with van der Waals surface area (Å²) in [6.07, 6.45) is -0.0909. The first kappa shape index (κ1) is 16.7. The van der Waals surface area contributed by atoms with Gasteiger partial charge in [0.2, 0.25) is 6.79 Å². The van der Waals surface area contributed by atoms with Crippen LogP contribution in [-0.4, -0.2) is 32.7 Å². The molecule has 3 aliphatic rings. The molecule has 142 valence electrons. The van der Waals surface area contributed by atoms with Crippen molar-refractivity contribution in [3.8, 4) is 23.0 Å². The van der Waals surface area contributed by atoms with Crippen LogP contribution in [0.4, 0.5) is 0 Å². The summed E-state index contributed by atoms with van der Waals surface area (Å²) in [4.78, 5) is 0. The minimum atomic E-state index is -0.588. The van der Waals surface area contributed by atoms with Crippen molar-refractivity contribution in [2.24, 2.45) is 0 Å². The van der Waals surface area contributed by atoms with Gasteiger partial charge in [-0.25, -0.2) is 0 Å². The quantitative estimate of drug-likeness (QED) is 0.840. The summed E-state index contributed by atoms with van der Waals surface area (Å²) >= 11 is 0. The molecule has 0 bridgehead atoms. The maximum Gasteiger partial charge on any atom is 0.231 e. The van der Waals surface area contributed by atoms with Crippen molar-refractivity contribution in [1.29, 1.82) is 0 Å². The Morgan fingerprint density at radius 3 is 2.85 bits per heavy atom. The lowest BCUT2D eigenvalue weighted by Crippen LogP contribution is -2.34. The highest BCUT2D eigenvalue weighted by atomic mass is 16.7. The van der Waals surface area contributed by atoms with E-state index in [1.807, 2.05) is 18.2 Å². The van der Waals surface area contributed by atoms with Gasteiger partial charge in [0.1, 0.15) is 6.10 Å². The van der Waals surface area contributed by atoms with Gasteiger partial charge in [0.15, 0.2) is 29.3 Å². The highest BCUT2D eigenvalue weighted by molar-refractivity contribution is 5.56. The van der Waals surface area contributed by atoms with Crippen molar-refractivity contribution in [2.75, 3.05) is 27.6 Å². The molecule has 2 aromatic carbocycles. The number of hydrogen-bond acceptors (Lipinski definition) is 7. The molecule has 2 N–H and O–H groups in total. The minimum absolute atomic E-state index is 0.0880. The van der Waals surface area contributed by atoms with Crippen molar-refractivity contribution in [3.05, 3.63) is 46.5 Å². The van der Waals surface area contributed by atoms with Gasteiger partial charge in [0, 0.05) is 7.11 Å². The first-order chi connectivity index (χ1) is 13.2. The SMILES string of the molecule is COc1cc2c(cc1O)C1O[C@H](OC)c3c(ccc4c3OCO4)[C@H]1NCC2. The average molecular weight is 371 g/mol. The number of rotatable bonds is 2. The molecule has 0 fully saturated rings. The van der Waals surface area contributed by atoms with E-state index in [0.717, 1.165) is 35.2 Å². The maximum absolute atomic E-state index is 10.3. The molecular formula is C20H21NO6. The van der Waals surface area contributed by atoms with Gasteiger partial charge in [0.25, 0.3) is 0 Å². The van der Waals surface area contributed by atoms with E-state index in [9.17, 15) is 5.11 Å². The van der Waals surface area contributed by atoms with Gasteiger partial charge >= 0.3 is 0 Å². The Balaban J connectivity index is 1.66. The molecule has 3 atom stereocenters. The largest absolute Gasteiger partial charge is 0.504 e. The maximum atomic E-state index is 10.3. The first-order valence-corrected chi connectivity index (χ1v) is 8.95. The molecule has 0 aromatic heterocycles. The summed E-state index contributed by atoms with van der Waals surface area (Å²) in [7, 11) is 3.16. The molecule has 1 unspecified atom stereocenters. The van der Waals surface area contributed by atoms with Crippen LogP contribution in [0.25, 0.3) is 0 Å². The number of methoxy groups -OCH3 is 2. The second-order valence-electron chi connectivity index (χ2n) is 6.83. The Kier molecular flexibility index (Phi) is 3.89. The lowest BCUT2D eigenvalue weighted by atomic mass is 9.87. The van der Waals surface area contributed by atoms with Crippen LogP contribution in [-0.2, 0) is 15.9 Å². The highest BCUT2D eigenvalue weighted by Gasteiger charge is 2.42. The van der Waals surface area contributed by atoms with Crippen LogP contribution in [0.15, 0.2) is 24.3 Å². The summed E-state index contributed by atoms with van der Waals surface area (Å²) in [5.41, 5.74) is 3.95. The van der Waals surface area contributed by atoms with Gasteiger partial charge in [-0.3, -0.25) is 0 Å². The molecule has 7 heteroatoms. The van der Waals surface area contributed by atoms with Crippen molar-refractivity contribution in [2.45, 2.75) is 24.9 Å². The predicted molar refractivity (Wildman–Crippen MR) is 95.2 cm³/mol.